The highest BCUT2D eigenvalue weighted by atomic mass is 32.1. The Morgan fingerprint density at radius 3 is 2.66 bits per heavy atom. The number of hydrogen-bond acceptors (Lipinski definition) is 6. The average molecular weight is 407 g/mol. The van der Waals surface area contributed by atoms with Crippen LogP contribution >= 0.6 is 11.3 Å². The Morgan fingerprint density at radius 1 is 1.17 bits per heavy atom. The number of carbonyl (C=O) groups excluding carboxylic acids is 2. The van der Waals surface area contributed by atoms with Crippen molar-refractivity contribution in [3.05, 3.63) is 64.1 Å². The molecule has 4 aromatic rings. The van der Waals surface area contributed by atoms with Gasteiger partial charge in [0.15, 0.2) is 10.8 Å². The standard InChI is InChI=1S/C20H17N5O3S/c1-2-11-7-8-14-15(9-11)29-20(22-14)23-16(26)10-25-19(28)13-6-4-3-5-12(13)17(24-25)18(21)27/h3-9H,2,10H2,1H3,(H2,21,27)(H,22,23,26). The fraction of sp³-hybridized carbons (Fsp3) is 0.150. The molecular weight excluding hydrogens is 390 g/mol. The first-order valence-electron chi connectivity index (χ1n) is 8.95. The van der Waals surface area contributed by atoms with Gasteiger partial charge in [-0.05, 0) is 30.2 Å². The number of amides is 2. The molecule has 0 aliphatic heterocycles. The van der Waals surface area contributed by atoms with Crippen LogP contribution in [0, 0.1) is 0 Å². The maximum atomic E-state index is 12.7. The van der Waals surface area contributed by atoms with Gasteiger partial charge in [0.2, 0.25) is 5.91 Å². The molecule has 0 saturated heterocycles. The summed E-state index contributed by atoms with van der Waals surface area (Å²) in [5, 5.41) is 7.76. The van der Waals surface area contributed by atoms with Gasteiger partial charge in [-0.2, -0.15) is 5.10 Å². The number of anilines is 1. The van der Waals surface area contributed by atoms with E-state index in [1.165, 1.54) is 16.9 Å². The van der Waals surface area contributed by atoms with E-state index in [1.54, 1.807) is 24.3 Å². The van der Waals surface area contributed by atoms with Crippen LogP contribution in [0.15, 0.2) is 47.3 Å². The van der Waals surface area contributed by atoms with Gasteiger partial charge in [0.1, 0.15) is 6.54 Å². The minimum atomic E-state index is -0.770. The molecule has 0 aliphatic carbocycles. The Morgan fingerprint density at radius 2 is 1.93 bits per heavy atom. The summed E-state index contributed by atoms with van der Waals surface area (Å²) in [6.45, 7) is 1.71. The second kappa shape index (κ2) is 7.44. The van der Waals surface area contributed by atoms with Crippen LogP contribution in [0.25, 0.3) is 21.0 Å². The number of primary amides is 1. The monoisotopic (exact) mass is 407 g/mol. The van der Waals surface area contributed by atoms with Crippen molar-refractivity contribution in [2.45, 2.75) is 19.9 Å². The fourth-order valence-corrected chi connectivity index (χ4v) is 4.01. The lowest BCUT2D eigenvalue weighted by Gasteiger charge is -2.08. The lowest BCUT2D eigenvalue weighted by molar-refractivity contribution is -0.117. The number of hydrogen-bond donors (Lipinski definition) is 2. The summed E-state index contributed by atoms with van der Waals surface area (Å²) in [7, 11) is 0. The molecule has 2 heterocycles. The molecule has 0 bridgehead atoms. The minimum Gasteiger partial charge on any atom is -0.364 e. The van der Waals surface area contributed by atoms with Crippen molar-refractivity contribution in [1.29, 1.82) is 0 Å². The summed E-state index contributed by atoms with van der Waals surface area (Å²) in [5.74, 6) is -1.24. The Labute approximate surface area is 169 Å². The van der Waals surface area contributed by atoms with Crippen LogP contribution in [-0.2, 0) is 17.8 Å². The number of thiazole rings is 1. The van der Waals surface area contributed by atoms with E-state index in [0.29, 0.717) is 10.5 Å². The number of benzene rings is 2. The van der Waals surface area contributed by atoms with Crippen molar-refractivity contribution >= 4 is 49.3 Å². The van der Waals surface area contributed by atoms with E-state index in [9.17, 15) is 14.4 Å². The molecule has 0 saturated carbocycles. The third kappa shape index (κ3) is 3.59. The van der Waals surface area contributed by atoms with Crippen molar-refractivity contribution in [3.8, 4) is 0 Å². The highest BCUT2D eigenvalue weighted by Crippen LogP contribution is 2.27. The molecule has 0 unspecified atom stereocenters. The normalized spacial score (nSPS) is 11.1. The first-order chi connectivity index (χ1) is 14.0. The molecule has 3 N–H and O–H groups in total. The zero-order valence-corrected chi connectivity index (χ0v) is 16.3. The zero-order valence-electron chi connectivity index (χ0n) is 15.5. The van der Waals surface area contributed by atoms with Crippen LogP contribution in [0.3, 0.4) is 0 Å². The van der Waals surface area contributed by atoms with Crippen LogP contribution < -0.4 is 16.6 Å². The van der Waals surface area contributed by atoms with Crippen molar-refractivity contribution < 1.29 is 9.59 Å². The zero-order chi connectivity index (χ0) is 20.5. The molecule has 0 spiro atoms. The summed E-state index contributed by atoms with van der Waals surface area (Å²) in [6, 6.07) is 12.5. The molecule has 0 radical (unpaired) electrons. The number of aromatic nitrogens is 3. The van der Waals surface area contributed by atoms with Gasteiger partial charge < -0.3 is 11.1 Å². The number of carbonyl (C=O) groups is 2. The third-order valence-electron chi connectivity index (χ3n) is 4.50. The second-order valence-corrected chi connectivity index (χ2v) is 7.47. The van der Waals surface area contributed by atoms with Gasteiger partial charge in [-0.15, -0.1) is 0 Å². The number of nitrogens with two attached hydrogens (primary N) is 1. The predicted molar refractivity (Wildman–Crippen MR) is 112 cm³/mol. The molecular formula is C20H17N5O3S. The molecule has 9 heteroatoms. The van der Waals surface area contributed by atoms with Gasteiger partial charge in [-0.25, -0.2) is 9.67 Å². The molecule has 0 aliphatic rings. The first-order valence-corrected chi connectivity index (χ1v) is 9.77. The quantitative estimate of drug-likeness (QED) is 0.526. The Hall–Kier alpha value is -3.59. The summed E-state index contributed by atoms with van der Waals surface area (Å²) < 4.78 is 1.91. The molecule has 29 heavy (non-hydrogen) atoms. The van der Waals surface area contributed by atoms with Gasteiger partial charge in [0.05, 0.1) is 15.6 Å². The second-order valence-electron chi connectivity index (χ2n) is 6.44. The Bertz CT molecular complexity index is 1320. The van der Waals surface area contributed by atoms with E-state index < -0.39 is 17.4 Å². The summed E-state index contributed by atoms with van der Waals surface area (Å²) >= 11 is 1.36. The van der Waals surface area contributed by atoms with E-state index in [2.05, 4.69) is 22.3 Å². The Kier molecular flexibility index (Phi) is 4.81. The molecule has 146 valence electrons. The van der Waals surface area contributed by atoms with Crippen LogP contribution in [0.5, 0.6) is 0 Å². The van der Waals surface area contributed by atoms with E-state index in [0.717, 1.165) is 21.3 Å². The Balaban J connectivity index is 1.63. The first kappa shape index (κ1) is 18.8. The predicted octanol–water partition coefficient (Wildman–Crippen LogP) is 2.31. The van der Waals surface area contributed by atoms with Crippen LogP contribution in [0.1, 0.15) is 23.0 Å². The van der Waals surface area contributed by atoms with Gasteiger partial charge in [0, 0.05) is 5.39 Å². The summed E-state index contributed by atoms with van der Waals surface area (Å²) in [4.78, 5) is 41.3. The number of rotatable bonds is 5. The molecule has 4 rings (SSSR count). The minimum absolute atomic E-state index is 0.0555. The number of fused-ring (bicyclic) bond motifs is 2. The molecule has 2 aromatic carbocycles. The highest BCUT2D eigenvalue weighted by Gasteiger charge is 2.16. The van der Waals surface area contributed by atoms with Crippen molar-refractivity contribution in [1.82, 2.24) is 14.8 Å². The van der Waals surface area contributed by atoms with E-state index in [4.69, 9.17) is 5.73 Å². The molecule has 2 amide bonds. The van der Waals surface area contributed by atoms with Crippen LogP contribution in [-0.4, -0.2) is 26.6 Å². The van der Waals surface area contributed by atoms with Crippen molar-refractivity contribution in [2.24, 2.45) is 5.73 Å². The number of aryl methyl sites for hydroxylation is 1. The number of nitrogens with one attached hydrogen (secondary N) is 1. The topological polar surface area (TPSA) is 120 Å². The molecule has 8 nitrogen and oxygen atoms in total. The van der Waals surface area contributed by atoms with E-state index >= 15 is 0 Å². The summed E-state index contributed by atoms with van der Waals surface area (Å²) in [6.07, 6.45) is 0.911. The fourth-order valence-electron chi connectivity index (χ4n) is 3.06. The maximum absolute atomic E-state index is 12.7. The van der Waals surface area contributed by atoms with Gasteiger partial charge in [-0.1, -0.05) is 42.5 Å². The number of nitrogens with zero attached hydrogens (tertiary/aromatic N) is 3. The SMILES string of the molecule is CCc1ccc2nc(NC(=O)Cn3nc(C(N)=O)c4ccccc4c3=O)sc2c1. The molecule has 2 aromatic heterocycles. The van der Waals surface area contributed by atoms with Gasteiger partial charge in [-0.3, -0.25) is 14.4 Å². The van der Waals surface area contributed by atoms with Crippen LogP contribution in [0.4, 0.5) is 5.13 Å². The van der Waals surface area contributed by atoms with Gasteiger partial charge >= 0.3 is 0 Å². The largest absolute Gasteiger partial charge is 0.364 e. The average Bonchev–Trinajstić information content (AvgIpc) is 3.10. The third-order valence-corrected chi connectivity index (χ3v) is 5.44. The smallest absolute Gasteiger partial charge is 0.275 e. The lowest BCUT2D eigenvalue weighted by atomic mass is 10.1. The molecule has 0 atom stereocenters. The van der Waals surface area contributed by atoms with E-state index in [-0.39, 0.29) is 17.6 Å². The van der Waals surface area contributed by atoms with Crippen molar-refractivity contribution in [2.75, 3.05) is 5.32 Å². The lowest BCUT2D eigenvalue weighted by Crippen LogP contribution is -2.32. The van der Waals surface area contributed by atoms with Gasteiger partial charge in [0.25, 0.3) is 11.5 Å². The molecule has 0 fully saturated rings. The van der Waals surface area contributed by atoms with Crippen LogP contribution in [0.2, 0.25) is 0 Å². The maximum Gasteiger partial charge on any atom is 0.275 e. The van der Waals surface area contributed by atoms with E-state index in [1.807, 2.05) is 18.2 Å². The van der Waals surface area contributed by atoms with Crippen molar-refractivity contribution in [3.63, 3.8) is 0 Å². The summed E-state index contributed by atoms with van der Waals surface area (Å²) in [5.41, 5.74) is 6.84. The highest BCUT2D eigenvalue weighted by molar-refractivity contribution is 7.22.